The van der Waals surface area contributed by atoms with Crippen molar-refractivity contribution in [2.75, 3.05) is 32.7 Å². The number of carbonyl (C=O) groups excluding carboxylic acids is 1. The molecule has 2 aromatic heterocycles. The molecule has 2 aliphatic heterocycles. The van der Waals surface area contributed by atoms with Crippen LogP contribution in [0.5, 0.6) is 0 Å². The zero-order valence-electron chi connectivity index (χ0n) is 16.9. The number of nitrogens with zero attached hydrogens (tertiary/aromatic N) is 5. The summed E-state index contributed by atoms with van der Waals surface area (Å²) in [5, 5.41) is 7.17. The Kier molecular flexibility index (Phi) is 5.30. The second-order valence-corrected chi connectivity index (χ2v) is 7.56. The van der Waals surface area contributed by atoms with E-state index < -0.39 is 0 Å². The second-order valence-electron chi connectivity index (χ2n) is 7.56. The lowest BCUT2D eigenvalue weighted by molar-refractivity contribution is 0.193. The Balaban J connectivity index is 1.60. The van der Waals surface area contributed by atoms with Gasteiger partial charge < -0.3 is 19.6 Å². The van der Waals surface area contributed by atoms with E-state index in [0.29, 0.717) is 31.4 Å². The van der Waals surface area contributed by atoms with Gasteiger partial charge in [0.15, 0.2) is 0 Å². The number of nitrogens with one attached hydrogen (secondary N) is 1. The number of pyridine rings is 1. The Hall–Kier alpha value is -2.48. The molecule has 1 fully saturated rings. The fourth-order valence-corrected chi connectivity index (χ4v) is 4.21. The number of aryl methyl sites for hydroxylation is 1. The average molecular weight is 384 g/mol. The molecule has 4 heterocycles. The smallest absolute Gasteiger partial charge is 0.317 e. The van der Waals surface area contributed by atoms with Crippen LogP contribution in [0.3, 0.4) is 0 Å². The summed E-state index contributed by atoms with van der Waals surface area (Å²) in [7, 11) is 0. The molecule has 8 heteroatoms. The van der Waals surface area contributed by atoms with Gasteiger partial charge >= 0.3 is 6.03 Å². The van der Waals surface area contributed by atoms with E-state index in [-0.39, 0.29) is 6.03 Å². The molecule has 1 atom stereocenters. The zero-order valence-corrected chi connectivity index (χ0v) is 16.9. The van der Waals surface area contributed by atoms with Gasteiger partial charge in [-0.25, -0.2) is 4.79 Å². The molecule has 1 unspecified atom stereocenters. The van der Waals surface area contributed by atoms with E-state index in [1.54, 1.807) is 0 Å². The highest BCUT2D eigenvalue weighted by Gasteiger charge is 2.30. The molecule has 2 aliphatic rings. The van der Waals surface area contributed by atoms with E-state index >= 15 is 0 Å². The Labute approximate surface area is 165 Å². The molecular formula is C20H28N6O2. The maximum Gasteiger partial charge on any atom is 0.317 e. The summed E-state index contributed by atoms with van der Waals surface area (Å²) >= 11 is 0. The van der Waals surface area contributed by atoms with Gasteiger partial charge in [0.25, 0.3) is 0 Å². The fourth-order valence-electron chi connectivity index (χ4n) is 4.21. The molecule has 0 bridgehead atoms. The number of carbonyl (C=O) groups is 1. The van der Waals surface area contributed by atoms with E-state index in [0.717, 1.165) is 55.2 Å². The third kappa shape index (κ3) is 3.48. The lowest BCUT2D eigenvalue weighted by Gasteiger charge is -2.29. The van der Waals surface area contributed by atoms with Crippen LogP contribution in [-0.2, 0) is 13.0 Å². The third-order valence-corrected chi connectivity index (χ3v) is 5.81. The molecule has 0 radical (unpaired) electrons. The summed E-state index contributed by atoms with van der Waals surface area (Å²) in [6.07, 6.45) is 3.69. The summed E-state index contributed by atoms with van der Waals surface area (Å²) in [5.41, 5.74) is 4.11. The molecule has 8 nitrogen and oxygen atoms in total. The van der Waals surface area contributed by atoms with Gasteiger partial charge in [0.1, 0.15) is 0 Å². The van der Waals surface area contributed by atoms with Gasteiger partial charge in [-0.2, -0.15) is 4.98 Å². The first kappa shape index (κ1) is 18.9. The van der Waals surface area contributed by atoms with Crippen molar-refractivity contribution in [2.24, 2.45) is 0 Å². The lowest BCUT2D eigenvalue weighted by Crippen LogP contribution is -2.42. The molecule has 2 amide bonds. The number of aromatic nitrogens is 3. The molecule has 0 aliphatic carbocycles. The molecule has 2 aromatic rings. The van der Waals surface area contributed by atoms with Crippen LogP contribution in [-0.4, -0.2) is 63.7 Å². The number of hydrogen-bond donors (Lipinski definition) is 1. The first-order valence-electron chi connectivity index (χ1n) is 10.2. The summed E-state index contributed by atoms with van der Waals surface area (Å²) in [5.74, 6) is 1.66. The average Bonchev–Trinajstić information content (AvgIpc) is 3.37. The minimum atomic E-state index is -0.0289. The fraction of sp³-hybridized carbons (Fsp3) is 0.600. The predicted molar refractivity (Wildman–Crippen MR) is 105 cm³/mol. The molecule has 0 spiro atoms. The van der Waals surface area contributed by atoms with Gasteiger partial charge in [0.05, 0.1) is 5.92 Å². The van der Waals surface area contributed by atoms with Crippen LogP contribution < -0.4 is 5.32 Å². The second kappa shape index (κ2) is 7.87. The van der Waals surface area contributed by atoms with Gasteiger partial charge in [0.2, 0.25) is 11.7 Å². The first-order valence-corrected chi connectivity index (χ1v) is 10.2. The molecule has 0 saturated carbocycles. The topological polar surface area (TPSA) is 87.4 Å². The van der Waals surface area contributed by atoms with Crippen molar-refractivity contribution in [3.05, 3.63) is 28.9 Å². The van der Waals surface area contributed by atoms with Gasteiger partial charge in [0, 0.05) is 43.6 Å². The number of rotatable bonds is 4. The van der Waals surface area contributed by atoms with E-state index in [1.165, 1.54) is 5.56 Å². The number of likely N-dealkylation sites (N-methyl/N-ethyl adjacent to an activating group) is 1. The lowest BCUT2D eigenvalue weighted by atomic mass is 9.94. The van der Waals surface area contributed by atoms with Crippen LogP contribution in [0.15, 0.2) is 10.7 Å². The molecule has 28 heavy (non-hydrogen) atoms. The Morgan fingerprint density at radius 3 is 2.96 bits per heavy atom. The summed E-state index contributed by atoms with van der Waals surface area (Å²) in [4.78, 5) is 25.7. The molecular weight excluding hydrogens is 356 g/mol. The number of fused-ring (bicyclic) bond motifs is 1. The van der Waals surface area contributed by atoms with Crippen LogP contribution in [0.1, 0.15) is 48.9 Å². The Morgan fingerprint density at radius 2 is 2.21 bits per heavy atom. The molecule has 150 valence electrons. The van der Waals surface area contributed by atoms with Crippen LogP contribution in [0, 0.1) is 6.92 Å². The molecule has 4 rings (SSSR count). The van der Waals surface area contributed by atoms with Gasteiger partial charge in [-0.15, -0.1) is 0 Å². The summed E-state index contributed by atoms with van der Waals surface area (Å²) < 4.78 is 5.64. The van der Waals surface area contributed by atoms with E-state index in [1.807, 2.05) is 24.9 Å². The van der Waals surface area contributed by atoms with Crippen molar-refractivity contribution in [2.45, 2.75) is 46.1 Å². The highest BCUT2D eigenvalue weighted by molar-refractivity contribution is 5.75. The van der Waals surface area contributed by atoms with Crippen molar-refractivity contribution in [1.82, 2.24) is 30.2 Å². The normalized spacial score (nSPS) is 19.7. The Bertz CT molecular complexity index is 864. The van der Waals surface area contributed by atoms with Crippen molar-refractivity contribution >= 4 is 6.03 Å². The molecule has 0 aromatic carbocycles. The van der Waals surface area contributed by atoms with Crippen LogP contribution in [0.2, 0.25) is 0 Å². The number of likely N-dealkylation sites (tertiary alicyclic amines) is 1. The van der Waals surface area contributed by atoms with Gasteiger partial charge in [-0.05, 0) is 50.9 Å². The standard InChI is InChI=1S/C20H28N6O2/c1-4-21-20(27)26-9-7-16-15(12-26)10-22-13(3)17(16)18-23-19(28-24-18)14-6-8-25(5-2)11-14/h10,14H,4-9,11-12H2,1-3H3,(H,21,27). The van der Waals surface area contributed by atoms with Crippen molar-refractivity contribution < 1.29 is 9.32 Å². The number of amides is 2. The molecule has 1 saturated heterocycles. The Morgan fingerprint density at radius 1 is 1.36 bits per heavy atom. The first-order chi connectivity index (χ1) is 13.6. The van der Waals surface area contributed by atoms with E-state index in [9.17, 15) is 4.79 Å². The summed E-state index contributed by atoms with van der Waals surface area (Å²) in [6, 6.07) is -0.0289. The minimum absolute atomic E-state index is 0.0289. The maximum absolute atomic E-state index is 12.2. The van der Waals surface area contributed by atoms with E-state index in [4.69, 9.17) is 9.51 Å². The van der Waals surface area contributed by atoms with Crippen molar-refractivity contribution in [1.29, 1.82) is 0 Å². The van der Waals surface area contributed by atoms with Crippen LogP contribution in [0.25, 0.3) is 11.4 Å². The van der Waals surface area contributed by atoms with Crippen LogP contribution >= 0.6 is 0 Å². The third-order valence-electron chi connectivity index (χ3n) is 5.81. The quantitative estimate of drug-likeness (QED) is 0.871. The highest BCUT2D eigenvalue weighted by atomic mass is 16.5. The van der Waals surface area contributed by atoms with E-state index in [2.05, 4.69) is 27.3 Å². The van der Waals surface area contributed by atoms with Gasteiger partial charge in [-0.1, -0.05) is 12.1 Å². The zero-order chi connectivity index (χ0) is 19.7. The monoisotopic (exact) mass is 384 g/mol. The van der Waals surface area contributed by atoms with Crippen molar-refractivity contribution in [3.63, 3.8) is 0 Å². The largest absolute Gasteiger partial charge is 0.339 e. The number of urea groups is 1. The maximum atomic E-state index is 12.2. The number of hydrogen-bond acceptors (Lipinski definition) is 6. The predicted octanol–water partition coefficient (Wildman–Crippen LogP) is 2.34. The summed E-state index contributed by atoms with van der Waals surface area (Å²) in [6.45, 7) is 11.1. The minimum Gasteiger partial charge on any atom is -0.339 e. The molecule has 1 N–H and O–H groups in total. The van der Waals surface area contributed by atoms with Crippen molar-refractivity contribution in [3.8, 4) is 11.4 Å². The SMILES string of the molecule is CCNC(=O)N1CCc2c(cnc(C)c2-c2noc(C3CCN(CC)C3)n2)C1. The van der Waals surface area contributed by atoms with Gasteiger partial charge in [-0.3, -0.25) is 4.98 Å². The van der Waals surface area contributed by atoms with Crippen LogP contribution in [0.4, 0.5) is 4.79 Å². The highest BCUT2D eigenvalue weighted by Crippen LogP contribution is 2.32.